The summed E-state index contributed by atoms with van der Waals surface area (Å²) in [5, 5.41) is 0. The average molecular weight is 285 g/mol. The van der Waals surface area contributed by atoms with Crippen LogP contribution in [0.1, 0.15) is 44.9 Å². The fraction of sp³-hybridized carbons (Fsp3) is 0.333. The van der Waals surface area contributed by atoms with Gasteiger partial charge in [-0.1, -0.05) is 62.9 Å². The number of benzene rings is 2. The van der Waals surface area contributed by atoms with E-state index < -0.39 is 0 Å². The molecule has 0 radical (unpaired) electrons. The quantitative estimate of drug-likeness (QED) is 0.843. The molecule has 2 rings (SSSR count). The van der Waals surface area contributed by atoms with Crippen LogP contribution in [0.2, 0.25) is 0 Å². The van der Waals surface area contributed by atoms with Gasteiger partial charge in [0.05, 0.1) is 0 Å². The van der Waals surface area contributed by atoms with Crippen molar-refractivity contribution in [1.29, 1.82) is 0 Å². The van der Waals surface area contributed by atoms with E-state index in [2.05, 4.69) is 63.2 Å². The van der Waals surface area contributed by atoms with E-state index in [0.717, 1.165) is 0 Å². The molecule has 0 aliphatic heterocycles. The fourth-order valence-electron chi connectivity index (χ4n) is 2.10. The molecule has 1 unspecified atom stereocenters. The second-order valence-corrected chi connectivity index (χ2v) is 7.32. The summed E-state index contributed by atoms with van der Waals surface area (Å²) in [5.74, 6) is 0. The van der Waals surface area contributed by atoms with Crippen LogP contribution in [0.15, 0.2) is 58.3 Å². The Kier molecular flexibility index (Phi) is 4.56. The van der Waals surface area contributed by atoms with Crippen molar-refractivity contribution in [1.82, 2.24) is 0 Å². The van der Waals surface area contributed by atoms with Crippen LogP contribution in [0.25, 0.3) is 0 Å². The minimum absolute atomic E-state index is 0.0625. The zero-order chi connectivity index (χ0) is 14.8. The third kappa shape index (κ3) is 3.65. The van der Waals surface area contributed by atoms with Gasteiger partial charge in [-0.05, 0) is 41.7 Å². The second-order valence-electron chi connectivity index (χ2n) is 6.20. The Morgan fingerprint density at radius 3 is 2.10 bits per heavy atom. The molecule has 0 fully saturated rings. The van der Waals surface area contributed by atoms with E-state index in [9.17, 15) is 0 Å². The smallest absolute Gasteiger partial charge is 0.0277 e. The summed E-state index contributed by atoms with van der Waals surface area (Å²) in [4.78, 5) is 2.50. The molecule has 2 aromatic carbocycles. The first-order valence-corrected chi connectivity index (χ1v) is 7.82. The summed E-state index contributed by atoms with van der Waals surface area (Å²) >= 11 is 1.78. The highest BCUT2D eigenvalue weighted by atomic mass is 32.2. The molecule has 0 bridgehead atoms. The highest BCUT2D eigenvalue weighted by Gasteiger charge is 2.13. The van der Waals surface area contributed by atoms with Crippen molar-refractivity contribution in [2.75, 3.05) is 0 Å². The molecule has 2 N–H and O–H groups in total. The lowest BCUT2D eigenvalue weighted by Gasteiger charge is -2.19. The zero-order valence-corrected chi connectivity index (χ0v) is 13.5. The van der Waals surface area contributed by atoms with Crippen LogP contribution in [0, 0.1) is 0 Å². The van der Waals surface area contributed by atoms with Crippen molar-refractivity contribution in [2.24, 2.45) is 5.73 Å². The van der Waals surface area contributed by atoms with Crippen molar-refractivity contribution < 1.29 is 0 Å². The van der Waals surface area contributed by atoms with Gasteiger partial charge >= 0.3 is 0 Å². The van der Waals surface area contributed by atoms with E-state index in [1.54, 1.807) is 11.8 Å². The number of hydrogen-bond acceptors (Lipinski definition) is 2. The molecule has 0 aliphatic rings. The summed E-state index contributed by atoms with van der Waals surface area (Å²) in [6.45, 7) is 8.74. The number of nitrogens with two attached hydrogens (primary N) is 1. The van der Waals surface area contributed by atoms with Crippen molar-refractivity contribution >= 4 is 11.8 Å². The van der Waals surface area contributed by atoms with Crippen LogP contribution in [-0.4, -0.2) is 0 Å². The van der Waals surface area contributed by atoms with E-state index in [0.29, 0.717) is 0 Å². The maximum absolute atomic E-state index is 6.04. The molecule has 0 aromatic heterocycles. The van der Waals surface area contributed by atoms with Crippen LogP contribution in [-0.2, 0) is 5.41 Å². The first kappa shape index (κ1) is 15.1. The minimum atomic E-state index is 0.0625. The molecule has 0 spiro atoms. The predicted molar refractivity (Wildman–Crippen MR) is 88.3 cm³/mol. The van der Waals surface area contributed by atoms with E-state index in [1.165, 1.54) is 20.9 Å². The van der Waals surface area contributed by atoms with Crippen LogP contribution < -0.4 is 5.73 Å². The molecule has 20 heavy (non-hydrogen) atoms. The third-order valence-electron chi connectivity index (χ3n) is 3.36. The standard InChI is InChI=1S/C18H23NS/c1-13(19)16-7-5-6-8-17(16)20-15-11-9-14(10-12-15)18(2,3)4/h5-13H,19H2,1-4H3. The SMILES string of the molecule is CC(N)c1ccccc1Sc1ccc(C(C)(C)C)cc1. The van der Waals surface area contributed by atoms with Gasteiger partial charge in [0.25, 0.3) is 0 Å². The van der Waals surface area contributed by atoms with Gasteiger partial charge in [0.1, 0.15) is 0 Å². The van der Waals surface area contributed by atoms with Gasteiger partial charge in [-0.15, -0.1) is 0 Å². The maximum atomic E-state index is 6.04. The van der Waals surface area contributed by atoms with Crippen LogP contribution >= 0.6 is 11.8 Å². The van der Waals surface area contributed by atoms with E-state index in [4.69, 9.17) is 5.73 Å². The van der Waals surface area contributed by atoms with Gasteiger partial charge in [-0.3, -0.25) is 0 Å². The van der Waals surface area contributed by atoms with E-state index in [1.807, 2.05) is 13.0 Å². The Morgan fingerprint density at radius 1 is 0.950 bits per heavy atom. The Labute approximate surface area is 126 Å². The molecule has 0 saturated heterocycles. The lowest BCUT2D eigenvalue weighted by Crippen LogP contribution is -2.10. The fourth-order valence-corrected chi connectivity index (χ4v) is 3.14. The molecule has 0 aliphatic carbocycles. The molecule has 106 valence electrons. The van der Waals surface area contributed by atoms with E-state index in [-0.39, 0.29) is 11.5 Å². The summed E-state index contributed by atoms with van der Waals surface area (Å²) in [6, 6.07) is 17.3. The van der Waals surface area contributed by atoms with Crippen LogP contribution in [0.4, 0.5) is 0 Å². The molecule has 1 nitrogen and oxygen atoms in total. The molecule has 1 atom stereocenters. The summed E-state index contributed by atoms with van der Waals surface area (Å²) < 4.78 is 0. The predicted octanol–water partition coefficient (Wildman–Crippen LogP) is 5.16. The molecule has 2 aromatic rings. The van der Waals surface area contributed by atoms with Gasteiger partial charge in [-0.2, -0.15) is 0 Å². The third-order valence-corrected chi connectivity index (χ3v) is 4.46. The lowest BCUT2D eigenvalue weighted by molar-refractivity contribution is 0.590. The first-order chi connectivity index (χ1) is 9.38. The summed E-state index contributed by atoms with van der Waals surface area (Å²) in [6.07, 6.45) is 0. The number of rotatable bonds is 3. The first-order valence-electron chi connectivity index (χ1n) is 7.01. The van der Waals surface area contributed by atoms with Gasteiger partial charge in [0, 0.05) is 15.8 Å². The normalized spacial score (nSPS) is 13.2. The van der Waals surface area contributed by atoms with Gasteiger partial charge in [0.2, 0.25) is 0 Å². The van der Waals surface area contributed by atoms with Gasteiger partial charge in [0.15, 0.2) is 0 Å². The maximum Gasteiger partial charge on any atom is 0.0277 e. The largest absolute Gasteiger partial charge is 0.324 e. The topological polar surface area (TPSA) is 26.0 Å². The van der Waals surface area contributed by atoms with Crippen molar-refractivity contribution in [3.05, 3.63) is 59.7 Å². The second kappa shape index (κ2) is 6.02. The Hall–Kier alpha value is -1.25. The molecule has 0 heterocycles. The Morgan fingerprint density at radius 2 is 1.55 bits per heavy atom. The summed E-state index contributed by atoms with van der Waals surface area (Å²) in [5.41, 5.74) is 8.81. The monoisotopic (exact) mass is 285 g/mol. The van der Waals surface area contributed by atoms with Crippen LogP contribution in [0.3, 0.4) is 0 Å². The number of hydrogen-bond donors (Lipinski definition) is 1. The van der Waals surface area contributed by atoms with Crippen molar-refractivity contribution in [3.63, 3.8) is 0 Å². The van der Waals surface area contributed by atoms with Gasteiger partial charge < -0.3 is 5.73 Å². The summed E-state index contributed by atoms with van der Waals surface area (Å²) in [7, 11) is 0. The molecular formula is C18H23NS. The van der Waals surface area contributed by atoms with Gasteiger partial charge in [-0.25, -0.2) is 0 Å². The van der Waals surface area contributed by atoms with Crippen LogP contribution in [0.5, 0.6) is 0 Å². The highest BCUT2D eigenvalue weighted by molar-refractivity contribution is 7.99. The highest BCUT2D eigenvalue weighted by Crippen LogP contribution is 2.33. The Bertz CT molecular complexity index is 565. The average Bonchev–Trinajstić information content (AvgIpc) is 2.38. The molecule has 0 saturated carbocycles. The molecular weight excluding hydrogens is 262 g/mol. The Balaban J connectivity index is 2.23. The van der Waals surface area contributed by atoms with E-state index >= 15 is 0 Å². The zero-order valence-electron chi connectivity index (χ0n) is 12.7. The van der Waals surface area contributed by atoms with Crippen molar-refractivity contribution in [3.8, 4) is 0 Å². The minimum Gasteiger partial charge on any atom is -0.324 e. The van der Waals surface area contributed by atoms with Crippen molar-refractivity contribution in [2.45, 2.75) is 48.9 Å². The molecule has 0 amide bonds. The lowest BCUT2D eigenvalue weighted by atomic mass is 9.87. The molecule has 2 heteroatoms.